The summed E-state index contributed by atoms with van der Waals surface area (Å²) in [6.45, 7) is 4.96. The Hall–Kier alpha value is 0. The molecule has 0 spiro atoms. The molecule has 0 amide bonds. The maximum Gasteiger partial charge on any atom is -0.0360 e. The van der Waals surface area contributed by atoms with Crippen molar-refractivity contribution in [3.63, 3.8) is 0 Å². The maximum atomic E-state index is 2.60. The van der Waals surface area contributed by atoms with Crippen LogP contribution in [-0.4, -0.2) is 0 Å². The maximum absolute atomic E-state index is 2.60. The van der Waals surface area contributed by atoms with Gasteiger partial charge in [0.15, 0.2) is 0 Å². The molecule has 3 aliphatic rings. The molecule has 0 heterocycles. The second-order valence-corrected chi connectivity index (χ2v) is 11.0. The number of fused-ring (bicyclic) bond motifs is 1. The van der Waals surface area contributed by atoms with Crippen molar-refractivity contribution >= 4 is 0 Å². The molecule has 0 heteroatoms. The predicted octanol–water partition coefficient (Wildman–Crippen LogP) is 9.18. The van der Waals surface area contributed by atoms with Gasteiger partial charge in [0.2, 0.25) is 0 Å². The molecule has 0 aromatic heterocycles. The lowest BCUT2D eigenvalue weighted by atomic mass is 9.64. The molecule has 158 valence electrons. The molecule has 0 nitrogen and oxygen atoms in total. The molecule has 0 bridgehead atoms. The van der Waals surface area contributed by atoms with Gasteiger partial charge in [0.1, 0.15) is 0 Å². The second-order valence-electron chi connectivity index (χ2n) is 11.0. The Morgan fingerprint density at radius 3 is 2.07 bits per heavy atom. The van der Waals surface area contributed by atoms with E-state index < -0.39 is 0 Å². The molecular weight excluding hydrogens is 324 g/mol. The van der Waals surface area contributed by atoms with Gasteiger partial charge in [-0.2, -0.15) is 0 Å². The summed E-state index contributed by atoms with van der Waals surface area (Å²) in [5, 5.41) is 0. The van der Waals surface area contributed by atoms with Crippen molar-refractivity contribution in [2.75, 3.05) is 0 Å². The van der Waals surface area contributed by atoms with Crippen LogP contribution < -0.4 is 0 Å². The van der Waals surface area contributed by atoms with Crippen molar-refractivity contribution in [3.05, 3.63) is 0 Å². The predicted molar refractivity (Wildman–Crippen MR) is 120 cm³/mol. The summed E-state index contributed by atoms with van der Waals surface area (Å²) in [6.07, 6.45) is 29.1. The molecule has 27 heavy (non-hydrogen) atoms. The van der Waals surface area contributed by atoms with E-state index in [2.05, 4.69) is 13.8 Å². The first-order valence-corrected chi connectivity index (χ1v) is 13.3. The molecular formula is C27H50. The topological polar surface area (TPSA) is 0 Å². The van der Waals surface area contributed by atoms with Gasteiger partial charge >= 0.3 is 0 Å². The molecule has 0 N–H and O–H groups in total. The quantitative estimate of drug-likeness (QED) is 0.421. The molecule has 6 unspecified atom stereocenters. The van der Waals surface area contributed by atoms with E-state index in [4.69, 9.17) is 0 Å². The van der Waals surface area contributed by atoms with Gasteiger partial charge in [-0.1, -0.05) is 110 Å². The molecule has 0 saturated heterocycles. The van der Waals surface area contributed by atoms with Crippen molar-refractivity contribution in [2.45, 2.75) is 136 Å². The van der Waals surface area contributed by atoms with Crippen LogP contribution in [0.15, 0.2) is 0 Å². The van der Waals surface area contributed by atoms with Crippen molar-refractivity contribution in [1.29, 1.82) is 0 Å². The Kier molecular flexibility index (Phi) is 9.54. The Morgan fingerprint density at radius 2 is 1.30 bits per heavy atom. The van der Waals surface area contributed by atoms with Crippen LogP contribution in [0.3, 0.4) is 0 Å². The number of unbranched alkanes of at least 4 members (excludes halogenated alkanes) is 2. The fourth-order valence-corrected chi connectivity index (χ4v) is 7.32. The van der Waals surface area contributed by atoms with Crippen LogP contribution in [0.1, 0.15) is 136 Å². The minimum atomic E-state index is 1.01. The zero-order valence-electron chi connectivity index (χ0n) is 18.9. The van der Waals surface area contributed by atoms with Crippen molar-refractivity contribution in [2.24, 2.45) is 35.5 Å². The van der Waals surface area contributed by atoms with Gasteiger partial charge in [-0.15, -0.1) is 0 Å². The summed E-state index contributed by atoms with van der Waals surface area (Å²) in [7, 11) is 0. The fraction of sp³-hybridized carbons (Fsp3) is 1.00. The van der Waals surface area contributed by atoms with Crippen LogP contribution in [0.4, 0.5) is 0 Å². The zero-order chi connectivity index (χ0) is 18.9. The van der Waals surface area contributed by atoms with Gasteiger partial charge in [0.25, 0.3) is 0 Å². The van der Waals surface area contributed by atoms with Crippen LogP contribution in [0.2, 0.25) is 0 Å². The number of rotatable bonds is 5. The SMILES string of the molecule is CCCCCC1CCC2CCCCCCCC(C3CCCCC3C)CC2C1. The molecule has 0 aromatic rings. The van der Waals surface area contributed by atoms with Gasteiger partial charge in [0, 0.05) is 0 Å². The Morgan fingerprint density at radius 1 is 0.593 bits per heavy atom. The average molecular weight is 375 g/mol. The van der Waals surface area contributed by atoms with Crippen LogP contribution in [0.5, 0.6) is 0 Å². The van der Waals surface area contributed by atoms with Gasteiger partial charge < -0.3 is 0 Å². The van der Waals surface area contributed by atoms with E-state index in [0.29, 0.717) is 0 Å². The molecule has 0 aromatic carbocycles. The fourth-order valence-electron chi connectivity index (χ4n) is 7.32. The van der Waals surface area contributed by atoms with Crippen LogP contribution in [-0.2, 0) is 0 Å². The first-order chi connectivity index (χ1) is 13.3. The first-order valence-electron chi connectivity index (χ1n) is 13.3. The van der Waals surface area contributed by atoms with E-state index in [9.17, 15) is 0 Å². The number of hydrogen-bond donors (Lipinski definition) is 0. The Balaban J connectivity index is 1.64. The van der Waals surface area contributed by atoms with Gasteiger partial charge in [0.05, 0.1) is 0 Å². The van der Waals surface area contributed by atoms with E-state index in [0.717, 1.165) is 35.5 Å². The lowest BCUT2D eigenvalue weighted by Crippen LogP contribution is -2.31. The van der Waals surface area contributed by atoms with E-state index in [1.54, 1.807) is 51.4 Å². The van der Waals surface area contributed by atoms with Gasteiger partial charge in [-0.25, -0.2) is 0 Å². The Bertz CT molecular complexity index is 385. The molecule has 3 saturated carbocycles. The normalized spacial score (nSPS) is 39.3. The summed E-state index contributed by atoms with van der Waals surface area (Å²) in [4.78, 5) is 0. The summed E-state index contributed by atoms with van der Waals surface area (Å²) < 4.78 is 0. The van der Waals surface area contributed by atoms with Crippen molar-refractivity contribution < 1.29 is 0 Å². The molecule has 0 radical (unpaired) electrons. The smallest absolute Gasteiger partial charge is 0.0360 e. The summed E-state index contributed by atoms with van der Waals surface area (Å²) >= 11 is 0. The van der Waals surface area contributed by atoms with Gasteiger partial charge in [-0.3, -0.25) is 0 Å². The third-order valence-electron chi connectivity index (χ3n) is 9.00. The molecule has 6 atom stereocenters. The van der Waals surface area contributed by atoms with E-state index >= 15 is 0 Å². The highest BCUT2D eigenvalue weighted by Gasteiger charge is 2.35. The second kappa shape index (κ2) is 11.9. The third-order valence-corrected chi connectivity index (χ3v) is 9.00. The molecule has 0 aliphatic heterocycles. The zero-order valence-corrected chi connectivity index (χ0v) is 18.9. The van der Waals surface area contributed by atoms with E-state index in [-0.39, 0.29) is 0 Å². The minimum Gasteiger partial charge on any atom is -0.0654 e. The lowest BCUT2D eigenvalue weighted by molar-refractivity contribution is 0.0876. The first kappa shape index (κ1) is 21.7. The van der Waals surface area contributed by atoms with E-state index in [1.165, 1.54) is 70.6 Å². The largest absolute Gasteiger partial charge is 0.0654 e. The van der Waals surface area contributed by atoms with E-state index in [1.807, 2.05) is 0 Å². The monoisotopic (exact) mass is 374 g/mol. The molecule has 3 aliphatic carbocycles. The molecule has 3 fully saturated rings. The van der Waals surface area contributed by atoms with Crippen LogP contribution in [0.25, 0.3) is 0 Å². The third kappa shape index (κ3) is 6.78. The standard InChI is InChI=1S/C27H50/c1-3-4-8-14-23-18-19-24-15-9-6-5-7-10-16-25(21-26(24)20-23)27-17-12-11-13-22(27)2/h22-27H,3-21H2,1-2H3. The summed E-state index contributed by atoms with van der Waals surface area (Å²) in [5.41, 5.74) is 0. The minimum absolute atomic E-state index is 1.01. The van der Waals surface area contributed by atoms with Crippen molar-refractivity contribution in [1.82, 2.24) is 0 Å². The highest BCUT2D eigenvalue weighted by atomic mass is 14.4. The van der Waals surface area contributed by atoms with Crippen LogP contribution in [0, 0.1) is 35.5 Å². The Labute approximate surface area is 171 Å². The summed E-state index contributed by atoms with van der Waals surface area (Å²) in [6, 6.07) is 0. The van der Waals surface area contributed by atoms with Gasteiger partial charge in [-0.05, 0) is 61.2 Å². The highest BCUT2D eigenvalue weighted by molar-refractivity contribution is 4.86. The summed E-state index contributed by atoms with van der Waals surface area (Å²) in [5.74, 6) is 6.40. The highest BCUT2D eigenvalue weighted by Crippen LogP contribution is 2.47. The lowest BCUT2D eigenvalue weighted by Gasteiger charge is -2.42. The van der Waals surface area contributed by atoms with Crippen molar-refractivity contribution in [3.8, 4) is 0 Å². The number of hydrogen-bond acceptors (Lipinski definition) is 0. The average Bonchev–Trinajstić information content (AvgIpc) is 2.72. The van der Waals surface area contributed by atoms with Crippen LogP contribution >= 0.6 is 0 Å². The molecule has 3 rings (SSSR count).